The fraction of sp³-hybridized carbons (Fsp3) is 0.500. The summed E-state index contributed by atoms with van der Waals surface area (Å²) >= 11 is 7.04. The Morgan fingerprint density at radius 1 is 1.27 bits per heavy atom. The van der Waals surface area contributed by atoms with E-state index < -0.39 is 23.3 Å². The molecular weight excluding hydrogens is 443 g/mol. The third-order valence-electron chi connectivity index (χ3n) is 4.77. The Kier molecular flexibility index (Phi) is 6.12. The van der Waals surface area contributed by atoms with Gasteiger partial charge in [0, 0.05) is 19.1 Å². The quantitative estimate of drug-likeness (QED) is 0.659. The number of morpholine rings is 1. The molecule has 1 saturated carbocycles. The minimum absolute atomic E-state index is 0.115. The minimum atomic E-state index is -4.63. The molecule has 1 amide bonds. The van der Waals surface area contributed by atoms with Crippen molar-refractivity contribution in [2.75, 3.05) is 42.3 Å². The van der Waals surface area contributed by atoms with Crippen LogP contribution in [0.3, 0.4) is 0 Å². The second kappa shape index (κ2) is 8.64. The number of aromatic nitrogens is 3. The molecule has 0 bridgehead atoms. The summed E-state index contributed by atoms with van der Waals surface area (Å²) in [4.78, 5) is 14.5. The highest BCUT2D eigenvalue weighted by molar-refractivity contribution is 7.99. The van der Waals surface area contributed by atoms with Crippen molar-refractivity contribution in [2.45, 2.75) is 30.2 Å². The maximum Gasteiger partial charge on any atom is 0.418 e. The molecule has 1 N–H and O–H groups in total. The van der Waals surface area contributed by atoms with Gasteiger partial charge in [-0.1, -0.05) is 29.4 Å². The number of ether oxygens (including phenoxy) is 1. The van der Waals surface area contributed by atoms with Crippen molar-refractivity contribution in [3.63, 3.8) is 0 Å². The highest BCUT2D eigenvalue weighted by atomic mass is 35.5. The van der Waals surface area contributed by atoms with E-state index in [9.17, 15) is 18.0 Å². The van der Waals surface area contributed by atoms with E-state index in [1.54, 1.807) is 0 Å². The highest BCUT2D eigenvalue weighted by Gasteiger charge is 2.35. The van der Waals surface area contributed by atoms with E-state index in [4.69, 9.17) is 16.3 Å². The van der Waals surface area contributed by atoms with Crippen LogP contribution in [0.25, 0.3) is 0 Å². The smallest absolute Gasteiger partial charge is 0.378 e. The molecule has 12 heteroatoms. The lowest BCUT2D eigenvalue weighted by molar-refractivity contribution is -0.137. The van der Waals surface area contributed by atoms with Gasteiger partial charge in [-0.05, 0) is 25.0 Å². The number of para-hydroxylation sites is 1. The van der Waals surface area contributed by atoms with Crippen molar-refractivity contribution < 1.29 is 22.7 Å². The van der Waals surface area contributed by atoms with Crippen LogP contribution >= 0.6 is 23.4 Å². The zero-order chi connectivity index (χ0) is 21.3. The largest absolute Gasteiger partial charge is 0.418 e. The Hall–Kier alpha value is -1.98. The molecule has 162 valence electrons. The van der Waals surface area contributed by atoms with Gasteiger partial charge in [-0.2, -0.15) is 13.2 Å². The van der Waals surface area contributed by atoms with Gasteiger partial charge in [0.1, 0.15) is 0 Å². The number of nitrogens with zero attached hydrogens (tertiary/aromatic N) is 4. The first-order valence-corrected chi connectivity index (χ1v) is 10.8. The molecule has 0 unspecified atom stereocenters. The molecule has 0 spiro atoms. The Balaban J connectivity index is 1.46. The topological polar surface area (TPSA) is 72.3 Å². The van der Waals surface area contributed by atoms with Crippen molar-refractivity contribution >= 4 is 40.9 Å². The van der Waals surface area contributed by atoms with Gasteiger partial charge in [0.15, 0.2) is 5.16 Å². The number of anilines is 2. The van der Waals surface area contributed by atoms with Gasteiger partial charge < -0.3 is 15.0 Å². The second-order valence-corrected chi connectivity index (χ2v) is 8.33. The van der Waals surface area contributed by atoms with Gasteiger partial charge >= 0.3 is 6.18 Å². The van der Waals surface area contributed by atoms with Crippen LogP contribution < -0.4 is 10.2 Å². The Morgan fingerprint density at radius 2 is 2.00 bits per heavy atom. The van der Waals surface area contributed by atoms with E-state index in [0.717, 1.165) is 36.6 Å². The molecule has 1 aromatic heterocycles. The number of alkyl halides is 3. The number of amides is 1. The molecule has 7 nitrogen and oxygen atoms in total. The van der Waals surface area contributed by atoms with E-state index in [-0.39, 0.29) is 16.8 Å². The monoisotopic (exact) mass is 461 g/mol. The van der Waals surface area contributed by atoms with Crippen LogP contribution in [-0.4, -0.2) is 52.7 Å². The maximum absolute atomic E-state index is 13.2. The Morgan fingerprint density at radius 3 is 2.67 bits per heavy atom. The third kappa shape index (κ3) is 4.68. The fourth-order valence-corrected chi connectivity index (χ4v) is 4.21. The molecular formula is C18H19ClF3N5O2S. The SMILES string of the molecule is O=C(CSc1nnc(N2CCOCC2)n1C1CC1)Nc1c(Cl)cccc1C(F)(F)F. The number of rotatable bonds is 6. The number of benzene rings is 1. The van der Waals surface area contributed by atoms with E-state index in [1.165, 1.54) is 12.1 Å². The van der Waals surface area contributed by atoms with E-state index >= 15 is 0 Å². The highest BCUT2D eigenvalue weighted by Crippen LogP contribution is 2.41. The molecule has 1 saturated heterocycles. The maximum atomic E-state index is 13.2. The van der Waals surface area contributed by atoms with E-state index in [0.29, 0.717) is 31.5 Å². The summed E-state index contributed by atoms with van der Waals surface area (Å²) in [6.07, 6.45) is -2.62. The third-order valence-corrected chi connectivity index (χ3v) is 6.03. The summed E-state index contributed by atoms with van der Waals surface area (Å²) < 4.78 is 47.0. The molecule has 1 aromatic carbocycles. The van der Waals surface area contributed by atoms with Crippen LogP contribution in [0.5, 0.6) is 0 Å². The van der Waals surface area contributed by atoms with Crippen LogP contribution in [0.15, 0.2) is 23.4 Å². The number of carbonyl (C=O) groups is 1. The number of carbonyl (C=O) groups excluding carboxylic acids is 1. The summed E-state index contributed by atoms with van der Waals surface area (Å²) in [6.45, 7) is 2.65. The van der Waals surface area contributed by atoms with Gasteiger partial charge in [-0.3, -0.25) is 9.36 Å². The lowest BCUT2D eigenvalue weighted by Gasteiger charge is -2.27. The van der Waals surface area contributed by atoms with Crippen LogP contribution in [0, 0.1) is 0 Å². The molecule has 0 radical (unpaired) electrons. The van der Waals surface area contributed by atoms with Crippen LogP contribution in [0.4, 0.5) is 24.8 Å². The van der Waals surface area contributed by atoms with Gasteiger partial charge in [-0.15, -0.1) is 10.2 Å². The lowest BCUT2D eigenvalue weighted by atomic mass is 10.1. The zero-order valence-electron chi connectivity index (χ0n) is 15.8. The van der Waals surface area contributed by atoms with Crippen LogP contribution in [-0.2, 0) is 15.7 Å². The number of halogens is 4. The van der Waals surface area contributed by atoms with Crippen molar-refractivity contribution in [1.82, 2.24) is 14.8 Å². The average Bonchev–Trinajstić information content (AvgIpc) is 3.46. The van der Waals surface area contributed by atoms with Gasteiger partial charge in [-0.25, -0.2) is 0 Å². The molecule has 30 heavy (non-hydrogen) atoms. The normalized spacial score (nSPS) is 17.3. The molecule has 2 aromatic rings. The number of hydrogen-bond donors (Lipinski definition) is 1. The standard InChI is InChI=1S/C18H19ClF3N5O2S/c19-13-3-1-2-12(18(20,21)22)15(13)23-14(28)10-30-17-25-24-16(27(17)11-4-5-11)26-6-8-29-9-7-26/h1-3,11H,4-10H2,(H,23,28). The van der Waals surface area contributed by atoms with Gasteiger partial charge in [0.05, 0.1) is 35.2 Å². The predicted octanol–water partition coefficient (Wildman–Crippen LogP) is 3.85. The number of thioether (sulfide) groups is 1. The first kappa shape index (κ1) is 21.3. The molecule has 1 aliphatic carbocycles. The first-order valence-electron chi connectivity index (χ1n) is 9.40. The summed E-state index contributed by atoms with van der Waals surface area (Å²) in [5.41, 5.74) is -1.42. The van der Waals surface area contributed by atoms with E-state index in [1.807, 2.05) is 4.57 Å². The average molecular weight is 462 g/mol. The Labute approximate surface area is 179 Å². The number of nitrogens with one attached hydrogen (secondary N) is 1. The molecule has 2 fully saturated rings. The Bertz CT molecular complexity index is 929. The van der Waals surface area contributed by atoms with Gasteiger partial charge in [0.25, 0.3) is 0 Å². The molecule has 1 aliphatic heterocycles. The van der Waals surface area contributed by atoms with Crippen molar-refractivity contribution in [2.24, 2.45) is 0 Å². The second-order valence-electron chi connectivity index (χ2n) is 6.98. The number of hydrogen-bond acceptors (Lipinski definition) is 6. The molecule has 2 heterocycles. The van der Waals surface area contributed by atoms with Crippen molar-refractivity contribution in [1.29, 1.82) is 0 Å². The predicted molar refractivity (Wildman–Crippen MR) is 107 cm³/mol. The molecule has 0 atom stereocenters. The lowest BCUT2D eigenvalue weighted by Crippen LogP contribution is -2.38. The molecule has 2 aliphatic rings. The molecule has 4 rings (SSSR count). The summed E-state index contributed by atoms with van der Waals surface area (Å²) in [6, 6.07) is 3.66. The van der Waals surface area contributed by atoms with E-state index in [2.05, 4.69) is 20.4 Å². The fourth-order valence-electron chi connectivity index (χ4n) is 3.19. The van der Waals surface area contributed by atoms with Gasteiger partial charge in [0.2, 0.25) is 11.9 Å². The minimum Gasteiger partial charge on any atom is -0.378 e. The summed E-state index contributed by atoms with van der Waals surface area (Å²) in [5.74, 6) is 0.0299. The van der Waals surface area contributed by atoms with Crippen LogP contribution in [0.1, 0.15) is 24.4 Å². The zero-order valence-corrected chi connectivity index (χ0v) is 17.4. The van der Waals surface area contributed by atoms with Crippen molar-refractivity contribution in [3.8, 4) is 0 Å². The van der Waals surface area contributed by atoms with Crippen molar-refractivity contribution in [3.05, 3.63) is 28.8 Å². The van der Waals surface area contributed by atoms with Crippen LogP contribution in [0.2, 0.25) is 5.02 Å². The summed E-state index contributed by atoms with van der Waals surface area (Å²) in [7, 11) is 0. The first-order chi connectivity index (χ1) is 14.3. The summed E-state index contributed by atoms with van der Waals surface area (Å²) in [5, 5.41) is 11.2.